The highest BCUT2D eigenvalue weighted by Crippen LogP contribution is 2.31. The number of carbonyl (C=O) groups excluding carboxylic acids is 1. The van der Waals surface area contributed by atoms with E-state index in [1.807, 2.05) is 25.9 Å². The Labute approximate surface area is 91.6 Å². The number of nitrogens with one attached hydrogen (secondary N) is 1. The van der Waals surface area contributed by atoms with Gasteiger partial charge in [-0.2, -0.15) is 0 Å². The summed E-state index contributed by atoms with van der Waals surface area (Å²) in [5.74, 6) is 0.0722. The molecule has 1 fully saturated rings. The number of nitrogens with zero attached hydrogens (tertiary/aromatic N) is 1. The predicted octanol–water partition coefficient (Wildman–Crippen LogP) is 0.356. The molecule has 0 aromatic heterocycles. The molecule has 1 atom stereocenters. The van der Waals surface area contributed by atoms with Gasteiger partial charge in [0.1, 0.15) is 0 Å². The Kier molecular flexibility index (Phi) is 3.73. The van der Waals surface area contributed by atoms with Crippen molar-refractivity contribution in [2.45, 2.75) is 50.8 Å². The summed E-state index contributed by atoms with van der Waals surface area (Å²) in [6.45, 7) is 3.81. The summed E-state index contributed by atoms with van der Waals surface area (Å²) < 4.78 is 0. The van der Waals surface area contributed by atoms with Crippen molar-refractivity contribution in [3.8, 4) is 0 Å². The smallest absolute Gasteiger partial charge is 0.237 e. The molecule has 1 rings (SSSR count). The molecule has 15 heavy (non-hydrogen) atoms. The Balaban J connectivity index is 2.36. The van der Waals surface area contributed by atoms with Crippen molar-refractivity contribution in [3.05, 3.63) is 0 Å². The molecule has 0 saturated heterocycles. The lowest BCUT2D eigenvalue weighted by Crippen LogP contribution is -2.56. The van der Waals surface area contributed by atoms with Gasteiger partial charge in [0.05, 0.1) is 11.6 Å². The van der Waals surface area contributed by atoms with Gasteiger partial charge in [-0.1, -0.05) is 6.92 Å². The second kappa shape index (κ2) is 4.49. The Morgan fingerprint density at radius 1 is 1.60 bits per heavy atom. The summed E-state index contributed by atoms with van der Waals surface area (Å²) in [5.41, 5.74) is -0.572. The van der Waals surface area contributed by atoms with Gasteiger partial charge in [0, 0.05) is 6.04 Å². The van der Waals surface area contributed by atoms with E-state index < -0.39 is 5.60 Å². The highest BCUT2D eigenvalue weighted by Gasteiger charge is 2.39. The minimum Gasteiger partial charge on any atom is -0.390 e. The summed E-state index contributed by atoms with van der Waals surface area (Å²) in [6, 6.07) is 0.0945. The van der Waals surface area contributed by atoms with Crippen LogP contribution in [0.2, 0.25) is 0 Å². The monoisotopic (exact) mass is 214 g/mol. The van der Waals surface area contributed by atoms with Gasteiger partial charge in [-0.05, 0) is 40.3 Å². The van der Waals surface area contributed by atoms with E-state index in [4.69, 9.17) is 0 Å². The molecular formula is C11H22N2O2. The molecule has 4 nitrogen and oxygen atoms in total. The van der Waals surface area contributed by atoms with Gasteiger partial charge < -0.3 is 10.4 Å². The van der Waals surface area contributed by atoms with Gasteiger partial charge in [0.15, 0.2) is 0 Å². The lowest BCUT2D eigenvalue weighted by Gasteiger charge is -2.42. The summed E-state index contributed by atoms with van der Waals surface area (Å²) in [6.07, 6.45) is 2.15. The number of carbonyl (C=O) groups is 1. The summed E-state index contributed by atoms with van der Waals surface area (Å²) in [4.78, 5) is 13.7. The minimum atomic E-state index is -0.572. The standard InChI is InChI=1S/C11H22N2O2/c1-5-9(13(3)4)10(14)12-8-6-11(2,15)7-8/h8-9,15H,5-7H2,1-4H3,(H,12,14). The van der Waals surface area contributed by atoms with Gasteiger partial charge in [-0.25, -0.2) is 0 Å². The van der Waals surface area contributed by atoms with Crippen molar-refractivity contribution in [1.82, 2.24) is 10.2 Å². The third-order valence-electron chi connectivity index (χ3n) is 3.03. The van der Waals surface area contributed by atoms with Crippen LogP contribution in [-0.2, 0) is 4.79 Å². The predicted molar refractivity (Wildman–Crippen MR) is 59.6 cm³/mol. The summed E-state index contributed by atoms with van der Waals surface area (Å²) in [7, 11) is 3.81. The summed E-state index contributed by atoms with van der Waals surface area (Å²) >= 11 is 0. The first-order valence-electron chi connectivity index (χ1n) is 5.55. The van der Waals surface area contributed by atoms with Crippen LogP contribution in [0.25, 0.3) is 0 Å². The number of hydrogen-bond donors (Lipinski definition) is 2. The van der Waals surface area contributed by atoms with Gasteiger partial charge in [0.2, 0.25) is 5.91 Å². The molecule has 0 heterocycles. The van der Waals surface area contributed by atoms with Crippen LogP contribution in [0.5, 0.6) is 0 Å². The highest BCUT2D eigenvalue weighted by atomic mass is 16.3. The molecule has 0 aromatic carbocycles. The third kappa shape index (κ3) is 3.18. The largest absolute Gasteiger partial charge is 0.390 e. The zero-order valence-corrected chi connectivity index (χ0v) is 10.1. The Morgan fingerprint density at radius 3 is 2.47 bits per heavy atom. The van der Waals surface area contributed by atoms with Crippen LogP contribution in [-0.4, -0.2) is 47.7 Å². The first-order chi connectivity index (χ1) is 6.85. The van der Waals surface area contributed by atoms with E-state index in [0.717, 1.165) is 6.42 Å². The van der Waals surface area contributed by atoms with E-state index in [1.54, 1.807) is 6.92 Å². The molecule has 1 unspecified atom stereocenters. The maximum atomic E-state index is 11.8. The fourth-order valence-corrected chi connectivity index (χ4v) is 2.19. The molecule has 0 spiro atoms. The normalized spacial score (nSPS) is 32.3. The SMILES string of the molecule is CCC(C(=O)NC1CC(C)(O)C1)N(C)C. The molecule has 4 heteroatoms. The lowest BCUT2D eigenvalue weighted by molar-refractivity contribution is -0.129. The van der Waals surface area contributed by atoms with Crippen molar-refractivity contribution in [2.24, 2.45) is 0 Å². The van der Waals surface area contributed by atoms with Crippen molar-refractivity contribution < 1.29 is 9.90 Å². The van der Waals surface area contributed by atoms with Gasteiger partial charge in [-0.3, -0.25) is 9.69 Å². The number of amides is 1. The maximum absolute atomic E-state index is 11.8. The van der Waals surface area contributed by atoms with E-state index in [9.17, 15) is 9.90 Å². The fourth-order valence-electron chi connectivity index (χ4n) is 2.19. The first-order valence-corrected chi connectivity index (χ1v) is 5.55. The topological polar surface area (TPSA) is 52.6 Å². The van der Waals surface area contributed by atoms with E-state index in [2.05, 4.69) is 5.32 Å². The second-order valence-corrected chi connectivity index (χ2v) is 5.00. The number of likely N-dealkylation sites (N-methyl/N-ethyl adjacent to an activating group) is 1. The number of rotatable bonds is 4. The first kappa shape index (κ1) is 12.5. The van der Waals surface area contributed by atoms with Crippen LogP contribution in [0.4, 0.5) is 0 Å². The Hall–Kier alpha value is -0.610. The zero-order valence-electron chi connectivity index (χ0n) is 10.1. The van der Waals surface area contributed by atoms with Crippen LogP contribution >= 0.6 is 0 Å². The van der Waals surface area contributed by atoms with Crippen molar-refractivity contribution in [1.29, 1.82) is 0 Å². The average Bonchev–Trinajstić information content (AvgIpc) is 2.00. The van der Waals surface area contributed by atoms with Crippen molar-refractivity contribution >= 4 is 5.91 Å². The van der Waals surface area contributed by atoms with Gasteiger partial charge in [-0.15, -0.1) is 0 Å². The van der Waals surface area contributed by atoms with E-state index >= 15 is 0 Å². The molecule has 2 N–H and O–H groups in total. The van der Waals surface area contributed by atoms with Crippen molar-refractivity contribution in [3.63, 3.8) is 0 Å². The molecule has 1 aliphatic rings. The number of aliphatic hydroxyl groups is 1. The molecule has 0 radical (unpaired) electrons. The van der Waals surface area contributed by atoms with Crippen LogP contribution in [0.1, 0.15) is 33.1 Å². The molecule has 1 saturated carbocycles. The maximum Gasteiger partial charge on any atom is 0.237 e. The molecule has 88 valence electrons. The zero-order chi connectivity index (χ0) is 11.6. The lowest BCUT2D eigenvalue weighted by atomic mass is 9.77. The molecule has 0 bridgehead atoms. The van der Waals surface area contributed by atoms with E-state index in [0.29, 0.717) is 12.8 Å². The van der Waals surface area contributed by atoms with Crippen LogP contribution in [0.15, 0.2) is 0 Å². The third-order valence-corrected chi connectivity index (χ3v) is 3.03. The average molecular weight is 214 g/mol. The van der Waals surface area contributed by atoms with Gasteiger partial charge >= 0.3 is 0 Å². The highest BCUT2D eigenvalue weighted by molar-refractivity contribution is 5.82. The molecule has 0 aromatic rings. The van der Waals surface area contributed by atoms with Crippen LogP contribution < -0.4 is 5.32 Å². The van der Waals surface area contributed by atoms with Crippen LogP contribution in [0.3, 0.4) is 0 Å². The second-order valence-electron chi connectivity index (χ2n) is 5.00. The fraction of sp³-hybridized carbons (Fsp3) is 0.909. The minimum absolute atomic E-state index is 0.0597. The Bertz CT molecular complexity index is 231. The summed E-state index contributed by atoms with van der Waals surface area (Å²) in [5, 5.41) is 12.5. The molecule has 1 amide bonds. The van der Waals surface area contributed by atoms with Crippen LogP contribution in [0, 0.1) is 0 Å². The molecule has 0 aliphatic heterocycles. The van der Waals surface area contributed by atoms with E-state index in [1.165, 1.54) is 0 Å². The van der Waals surface area contributed by atoms with Crippen molar-refractivity contribution in [2.75, 3.05) is 14.1 Å². The number of hydrogen-bond acceptors (Lipinski definition) is 3. The Morgan fingerprint density at radius 2 is 2.13 bits per heavy atom. The van der Waals surface area contributed by atoms with E-state index in [-0.39, 0.29) is 18.0 Å². The molecular weight excluding hydrogens is 192 g/mol. The molecule has 1 aliphatic carbocycles. The van der Waals surface area contributed by atoms with Gasteiger partial charge in [0.25, 0.3) is 0 Å². The quantitative estimate of drug-likeness (QED) is 0.710.